The van der Waals surface area contributed by atoms with Gasteiger partial charge in [-0.1, -0.05) is 12.1 Å². The van der Waals surface area contributed by atoms with E-state index in [4.69, 9.17) is 19.3 Å². The van der Waals surface area contributed by atoms with E-state index < -0.39 is 0 Å². The van der Waals surface area contributed by atoms with Crippen molar-refractivity contribution in [1.82, 2.24) is 5.32 Å². The van der Waals surface area contributed by atoms with Crippen LogP contribution in [-0.2, 0) is 20.7 Å². The number of hydrogen-bond acceptors (Lipinski definition) is 5. The van der Waals surface area contributed by atoms with Gasteiger partial charge in [-0.3, -0.25) is 4.79 Å². The van der Waals surface area contributed by atoms with E-state index >= 15 is 0 Å². The van der Waals surface area contributed by atoms with Crippen LogP contribution in [-0.4, -0.2) is 56.7 Å². The molecule has 1 aromatic carbocycles. The SMILES string of the molecule is COc1cccc(CC(=O)N[C@@H]2CCOC[C@H]2OCCO)c1. The molecule has 0 spiro atoms. The highest BCUT2D eigenvalue weighted by Gasteiger charge is 2.27. The van der Waals surface area contributed by atoms with E-state index in [9.17, 15) is 4.79 Å². The van der Waals surface area contributed by atoms with Crippen LogP contribution in [0.5, 0.6) is 5.75 Å². The largest absolute Gasteiger partial charge is 0.497 e. The summed E-state index contributed by atoms with van der Waals surface area (Å²) in [6.07, 6.45) is 0.788. The first-order valence-corrected chi connectivity index (χ1v) is 7.45. The highest BCUT2D eigenvalue weighted by Crippen LogP contribution is 2.14. The van der Waals surface area contributed by atoms with Gasteiger partial charge in [0.1, 0.15) is 11.9 Å². The molecule has 6 heteroatoms. The number of hydrogen-bond donors (Lipinski definition) is 2. The number of nitrogens with one attached hydrogen (secondary N) is 1. The van der Waals surface area contributed by atoms with Gasteiger partial charge in [-0.2, -0.15) is 0 Å². The van der Waals surface area contributed by atoms with E-state index in [0.717, 1.165) is 11.3 Å². The van der Waals surface area contributed by atoms with Gasteiger partial charge in [0.2, 0.25) is 5.91 Å². The minimum Gasteiger partial charge on any atom is -0.497 e. The summed E-state index contributed by atoms with van der Waals surface area (Å²) in [6, 6.07) is 7.37. The summed E-state index contributed by atoms with van der Waals surface area (Å²) in [5, 5.41) is 11.8. The predicted octanol–water partition coefficient (Wildman–Crippen LogP) is 0.520. The Labute approximate surface area is 130 Å². The molecule has 0 radical (unpaired) electrons. The number of amides is 1. The fourth-order valence-corrected chi connectivity index (χ4v) is 2.47. The number of rotatable bonds is 7. The molecular formula is C16H23NO5. The van der Waals surface area contributed by atoms with Crippen LogP contribution in [0, 0.1) is 0 Å². The zero-order valence-corrected chi connectivity index (χ0v) is 12.8. The van der Waals surface area contributed by atoms with E-state index in [1.54, 1.807) is 7.11 Å². The third-order valence-corrected chi connectivity index (χ3v) is 3.57. The van der Waals surface area contributed by atoms with Crippen LogP contribution in [0.4, 0.5) is 0 Å². The van der Waals surface area contributed by atoms with E-state index in [1.165, 1.54) is 0 Å². The molecule has 122 valence electrons. The quantitative estimate of drug-likeness (QED) is 0.768. The summed E-state index contributed by atoms with van der Waals surface area (Å²) in [5.41, 5.74) is 0.900. The molecule has 1 heterocycles. The molecule has 2 N–H and O–H groups in total. The molecule has 1 saturated heterocycles. The fraction of sp³-hybridized carbons (Fsp3) is 0.562. The summed E-state index contributed by atoms with van der Waals surface area (Å²) in [6.45, 7) is 1.24. The van der Waals surface area contributed by atoms with Crippen molar-refractivity contribution in [3.05, 3.63) is 29.8 Å². The van der Waals surface area contributed by atoms with Gasteiger partial charge < -0.3 is 24.6 Å². The molecule has 0 aromatic heterocycles. The van der Waals surface area contributed by atoms with Crippen molar-refractivity contribution in [3.63, 3.8) is 0 Å². The van der Waals surface area contributed by atoms with Crippen molar-refractivity contribution in [2.45, 2.75) is 25.0 Å². The Morgan fingerprint density at radius 1 is 1.50 bits per heavy atom. The molecule has 1 fully saturated rings. The maximum absolute atomic E-state index is 12.2. The van der Waals surface area contributed by atoms with Crippen molar-refractivity contribution in [2.24, 2.45) is 0 Å². The van der Waals surface area contributed by atoms with E-state index in [-0.39, 0.29) is 31.3 Å². The highest BCUT2D eigenvalue weighted by molar-refractivity contribution is 5.79. The molecule has 1 aliphatic rings. The molecule has 0 unspecified atom stereocenters. The van der Waals surface area contributed by atoms with Crippen molar-refractivity contribution in [1.29, 1.82) is 0 Å². The molecule has 0 bridgehead atoms. The fourth-order valence-electron chi connectivity index (χ4n) is 2.47. The molecule has 1 aromatic rings. The second-order valence-corrected chi connectivity index (χ2v) is 5.20. The lowest BCUT2D eigenvalue weighted by Gasteiger charge is -2.32. The van der Waals surface area contributed by atoms with Crippen molar-refractivity contribution < 1.29 is 24.1 Å². The summed E-state index contributed by atoms with van der Waals surface area (Å²) < 4.78 is 16.0. The zero-order valence-electron chi connectivity index (χ0n) is 12.8. The summed E-state index contributed by atoms with van der Waals surface area (Å²) in [7, 11) is 1.60. The summed E-state index contributed by atoms with van der Waals surface area (Å²) >= 11 is 0. The third-order valence-electron chi connectivity index (χ3n) is 3.57. The lowest BCUT2D eigenvalue weighted by atomic mass is 10.0. The zero-order chi connectivity index (χ0) is 15.8. The van der Waals surface area contributed by atoms with Crippen LogP contribution in [0.2, 0.25) is 0 Å². The molecule has 2 atom stereocenters. The predicted molar refractivity (Wildman–Crippen MR) is 80.9 cm³/mol. The van der Waals surface area contributed by atoms with Crippen LogP contribution in [0.1, 0.15) is 12.0 Å². The van der Waals surface area contributed by atoms with Crippen molar-refractivity contribution in [3.8, 4) is 5.75 Å². The second-order valence-electron chi connectivity index (χ2n) is 5.20. The van der Waals surface area contributed by atoms with Crippen LogP contribution in [0.3, 0.4) is 0 Å². The van der Waals surface area contributed by atoms with Gasteiger partial charge in [0.25, 0.3) is 0 Å². The van der Waals surface area contributed by atoms with Crippen LogP contribution < -0.4 is 10.1 Å². The van der Waals surface area contributed by atoms with E-state index in [2.05, 4.69) is 5.32 Å². The van der Waals surface area contributed by atoms with E-state index in [0.29, 0.717) is 26.1 Å². The molecule has 22 heavy (non-hydrogen) atoms. The first-order chi connectivity index (χ1) is 10.7. The highest BCUT2D eigenvalue weighted by atomic mass is 16.5. The first-order valence-electron chi connectivity index (χ1n) is 7.45. The van der Waals surface area contributed by atoms with Gasteiger partial charge in [0.15, 0.2) is 0 Å². The minimum absolute atomic E-state index is 0.0407. The average molecular weight is 309 g/mol. The Morgan fingerprint density at radius 3 is 3.14 bits per heavy atom. The Balaban J connectivity index is 1.88. The lowest BCUT2D eigenvalue weighted by Crippen LogP contribution is -2.50. The maximum Gasteiger partial charge on any atom is 0.224 e. The lowest BCUT2D eigenvalue weighted by molar-refractivity contribution is -0.125. The number of carbonyl (C=O) groups excluding carboxylic acids is 1. The number of aliphatic hydroxyl groups excluding tert-OH is 1. The van der Waals surface area contributed by atoms with Crippen LogP contribution in [0.25, 0.3) is 0 Å². The number of methoxy groups -OCH3 is 1. The van der Waals surface area contributed by atoms with Crippen molar-refractivity contribution >= 4 is 5.91 Å². The summed E-state index contributed by atoms with van der Waals surface area (Å²) in [4.78, 5) is 12.2. The molecule has 2 rings (SSSR count). The summed E-state index contributed by atoms with van der Waals surface area (Å²) in [5.74, 6) is 0.679. The molecule has 0 saturated carbocycles. The minimum atomic E-state index is -0.213. The second kappa shape index (κ2) is 8.73. The standard InChI is InChI=1S/C16H23NO5/c1-20-13-4-2-3-12(9-13)10-16(19)17-14-5-7-21-11-15(14)22-8-6-18/h2-4,9,14-15,18H,5-8,10-11H2,1H3,(H,17,19)/t14-,15-/m1/s1. The molecule has 0 aliphatic carbocycles. The first kappa shape index (κ1) is 16.7. The monoisotopic (exact) mass is 309 g/mol. The van der Waals surface area contributed by atoms with Gasteiger partial charge >= 0.3 is 0 Å². The Bertz CT molecular complexity index is 479. The number of carbonyl (C=O) groups is 1. The Hall–Kier alpha value is -1.63. The van der Waals surface area contributed by atoms with Gasteiger partial charge in [0, 0.05) is 6.61 Å². The number of benzene rings is 1. The normalized spacial score (nSPS) is 21.4. The van der Waals surface area contributed by atoms with Gasteiger partial charge in [-0.25, -0.2) is 0 Å². The average Bonchev–Trinajstić information content (AvgIpc) is 2.54. The molecule has 6 nitrogen and oxygen atoms in total. The smallest absolute Gasteiger partial charge is 0.224 e. The molecule has 1 amide bonds. The third kappa shape index (κ3) is 4.98. The molecular weight excluding hydrogens is 286 g/mol. The number of aliphatic hydroxyl groups is 1. The maximum atomic E-state index is 12.2. The van der Waals surface area contributed by atoms with Gasteiger partial charge in [0.05, 0.1) is 39.4 Å². The van der Waals surface area contributed by atoms with Crippen LogP contribution in [0.15, 0.2) is 24.3 Å². The Morgan fingerprint density at radius 2 is 2.36 bits per heavy atom. The van der Waals surface area contributed by atoms with Gasteiger partial charge in [-0.05, 0) is 24.1 Å². The Kier molecular flexibility index (Phi) is 6.64. The number of ether oxygens (including phenoxy) is 3. The molecule has 1 aliphatic heterocycles. The van der Waals surface area contributed by atoms with Gasteiger partial charge in [-0.15, -0.1) is 0 Å². The van der Waals surface area contributed by atoms with E-state index in [1.807, 2.05) is 24.3 Å². The van der Waals surface area contributed by atoms with Crippen LogP contribution >= 0.6 is 0 Å². The topological polar surface area (TPSA) is 77.0 Å². The van der Waals surface area contributed by atoms with Crippen molar-refractivity contribution in [2.75, 3.05) is 33.5 Å².